The number of carboxylic acid groups (broad SMARTS) is 1. The summed E-state index contributed by atoms with van der Waals surface area (Å²) >= 11 is 0. The van der Waals surface area contributed by atoms with Crippen molar-refractivity contribution < 1.29 is 19.4 Å². The molecule has 2 N–H and O–H groups in total. The molecule has 0 spiro atoms. The van der Waals surface area contributed by atoms with E-state index in [-0.39, 0.29) is 18.0 Å². The van der Waals surface area contributed by atoms with Crippen LogP contribution in [0.25, 0.3) is 6.20 Å². The van der Waals surface area contributed by atoms with Crippen molar-refractivity contribution in [2.24, 2.45) is 0 Å². The predicted octanol–water partition coefficient (Wildman–Crippen LogP) is 1.42. The van der Waals surface area contributed by atoms with Gasteiger partial charge in [-0.05, 0) is 0 Å². The van der Waals surface area contributed by atoms with Crippen LogP contribution in [0.15, 0.2) is 25.4 Å². The van der Waals surface area contributed by atoms with Crippen LogP contribution in [0.5, 0.6) is 0 Å². The molecule has 17 heavy (non-hydrogen) atoms. The first-order chi connectivity index (χ1) is 8.10. The first-order valence-electron chi connectivity index (χ1n) is 4.58. The molecule has 0 unspecified atom stereocenters. The normalized spacial score (nSPS) is 9.41. The zero-order valence-electron chi connectivity index (χ0n) is 8.92. The van der Waals surface area contributed by atoms with Crippen LogP contribution in [0.3, 0.4) is 0 Å². The Labute approximate surface area is 97.0 Å². The van der Waals surface area contributed by atoms with Crippen LogP contribution < -0.4 is 5.32 Å². The fraction of sp³-hybridized carbons (Fsp3) is 0.100. The van der Waals surface area contributed by atoms with Crippen molar-refractivity contribution in [2.75, 3.05) is 11.9 Å². The van der Waals surface area contributed by atoms with Gasteiger partial charge >= 0.3 is 12.1 Å². The third kappa shape index (κ3) is 2.94. The minimum atomic E-state index is -1.21. The number of aromatic nitrogens is 2. The van der Waals surface area contributed by atoms with E-state index in [0.29, 0.717) is 0 Å². The van der Waals surface area contributed by atoms with Crippen molar-refractivity contribution in [3.63, 3.8) is 0 Å². The molecule has 0 saturated carbocycles. The highest BCUT2D eigenvalue weighted by molar-refractivity contribution is 5.97. The molecule has 7 heteroatoms. The fourth-order valence-corrected chi connectivity index (χ4v) is 1.05. The molecule has 0 bridgehead atoms. The van der Waals surface area contributed by atoms with Crippen LogP contribution >= 0.6 is 0 Å². The average molecular weight is 237 g/mol. The number of nitrogens with zero attached hydrogens (tertiary/aromatic N) is 2. The molecule has 0 aliphatic rings. The van der Waals surface area contributed by atoms with E-state index in [2.05, 4.69) is 28.3 Å². The van der Waals surface area contributed by atoms with Gasteiger partial charge in [0.1, 0.15) is 12.2 Å². The van der Waals surface area contributed by atoms with Crippen LogP contribution in [0.2, 0.25) is 0 Å². The number of carbonyl (C=O) groups excluding carboxylic acids is 1. The van der Waals surface area contributed by atoms with Crippen molar-refractivity contribution in [2.45, 2.75) is 0 Å². The van der Waals surface area contributed by atoms with Gasteiger partial charge in [-0.2, -0.15) is 5.10 Å². The van der Waals surface area contributed by atoms with E-state index in [4.69, 9.17) is 5.11 Å². The summed E-state index contributed by atoms with van der Waals surface area (Å²) < 4.78 is 5.79. The molecule has 0 atom stereocenters. The Bertz CT molecular complexity index is 464. The largest absolute Gasteiger partial charge is 0.477 e. The summed E-state index contributed by atoms with van der Waals surface area (Å²) in [6.07, 6.45) is 2.96. The van der Waals surface area contributed by atoms with Gasteiger partial charge in [0.05, 0.1) is 6.20 Å². The summed E-state index contributed by atoms with van der Waals surface area (Å²) in [5.74, 6) is -1.22. The van der Waals surface area contributed by atoms with Crippen molar-refractivity contribution in [1.29, 1.82) is 0 Å². The fourth-order valence-electron chi connectivity index (χ4n) is 1.05. The molecule has 1 heterocycles. The van der Waals surface area contributed by atoms with Crippen molar-refractivity contribution >= 4 is 24.1 Å². The maximum absolute atomic E-state index is 11.3. The number of anilines is 1. The number of aromatic carboxylic acids is 1. The molecule has 7 nitrogen and oxygen atoms in total. The summed E-state index contributed by atoms with van der Waals surface area (Å²) in [7, 11) is 0. The molecular formula is C10H11N3O4. The summed E-state index contributed by atoms with van der Waals surface area (Å²) in [5.41, 5.74) is -0.152. The Kier molecular flexibility index (Phi) is 4.04. The van der Waals surface area contributed by atoms with Gasteiger partial charge in [-0.1, -0.05) is 19.2 Å². The third-order valence-electron chi connectivity index (χ3n) is 1.75. The van der Waals surface area contributed by atoms with Gasteiger partial charge in [0.15, 0.2) is 5.82 Å². The molecule has 1 amide bonds. The van der Waals surface area contributed by atoms with E-state index in [0.717, 1.165) is 10.9 Å². The Morgan fingerprint density at radius 2 is 2.29 bits per heavy atom. The molecule has 0 aromatic carbocycles. The van der Waals surface area contributed by atoms with Crippen LogP contribution in [0, 0.1) is 0 Å². The number of amides is 1. The van der Waals surface area contributed by atoms with Gasteiger partial charge in [0.25, 0.3) is 0 Å². The summed E-state index contributed by atoms with van der Waals surface area (Å²) in [4.78, 5) is 22.1. The number of nitrogens with one attached hydrogen (secondary N) is 1. The van der Waals surface area contributed by atoms with E-state index >= 15 is 0 Å². The third-order valence-corrected chi connectivity index (χ3v) is 1.75. The maximum atomic E-state index is 11.3. The van der Waals surface area contributed by atoms with E-state index < -0.39 is 12.1 Å². The average Bonchev–Trinajstić information content (AvgIpc) is 2.69. The lowest BCUT2D eigenvalue weighted by Gasteiger charge is -2.06. The topological polar surface area (TPSA) is 93.4 Å². The quantitative estimate of drug-likeness (QED) is 0.755. The highest BCUT2D eigenvalue weighted by Crippen LogP contribution is 2.15. The van der Waals surface area contributed by atoms with Crippen LogP contribution in [0.1, 0.15) is 10.4 Å². The molecule has 0 fully saturated rings. The Balaban J connectivity index is 2.91. The van der Waals surface area contributed by atoms with E-state index in [9.17, 15) is 9.59 Å². The lowest BCUT2D eigenvalue weighted by atomic mass is 10.3. The Morgan fingerprint density at radius 3 is 2.82 bits per heavy atom. The number of ether oxygens (including phenoxy) is 1. The van der Waals surface area contributed by atoms with Crippen LogP contribution in [0.4, 0.5) is 10.6 Å². The van der Waals surface area contributed by atoms with E-state index in [1.807, 2.05) is 0 Å². The van der Waals surface area contributed by atoms with Crippen molar-refractivity contribution in [1.82, 2.24) is 9.78 Å². The van der Waals surface area contributed by atoms with Crippen molar-refractivity contribution in [3.8, 4) is 0 Å². The SMILES string of the molecule is C=CCOC(=O)Nc1c(C(=O)O)cnn1C=C. The van der Waals surface area contributed by atoms with Gasteiger partial charge in [-0.3, -0.25) is 5.32 Å². The molecular weight excluding hydrogens is 226 g/mol. The molecule has 1 aromatic heterocycles. The second-order valence-electron chi connectivity index (χ2n) is 2.85. The van der Waals surface area contributed by atoms with E-state index in [1.54, 1.807) is 0 Å². The minimum absolute atomic E-state index is 0.0124. The van der Waals surface area contributed by atoms with Gasteiger partial charge in [-0.25, -0.2) is 14.3 Å². The molecule has 0 radical (unpaired) electrons. The highest BCUT2D eigenvalue weighted by Gasteiger charge is 2.18. The smallest absolute Gasteiger partial charge is 0.413 e. The highest BCUT2D eigenvalue weighted by atomic mass is 16.5. The summed E-state index contributed by atoms with van der Waals surface area (Å²) in [5, 5.41) is 14.8. The molecule has 1 aromatic rings. The molecule has 1 rings (SSSR count). The minimum Gasteiger partial charge on any atom is -0.477 e. The zero-order valence-corrected chi connectivity index (χ0v) is 8.92. The van der Waals surface area contributed by atoms with Crippen molar-refractivity contribution in [3.05, 3.63) is 31.0 Å². The number of carbonyl (C=O) groups is 2. The number of hydrogen-bond donors (Lipinski definition) is 2. The van der Waals surface area contributed by atoms with Gasteiger partial charge in [-0.15, -0.1) is 0 Å². The second-order valence-corrected chi connectivity index (χ2v) is 2.85. The van der Waals surface area contributed by atoms with Crippen LogP contribution in [-0.2, 0) is 4.74 Å². The van der Waals surface area contributed by atoms with Gasteiger partial charge in [0, 0.05) is 6.20 Å². The summed E-state index contributed by atoms with van der Waals surface area (Å²) in [6, 6.07) is 0. The van der Waals surface area contributed by atoms with Crippen LogP contribution in [-0.4, -0.2) is 33.6 Å². The van der Waals surface area contributed by atoms with E-state index in [1.165, 1.54) is 12.3 Å². The molecule has 0 aliphatic heterocycles. The number of rotatable bonds is 5. The standard InChI is InChI=1S/C10H11N3O4/c1-3-5-17-10(16)12-8-7(9(14)15)6-11-13(8)4-2/h3-4,6H,1-2,5H2,(H,12,16)(H,14,15). The molecule has 90 valence electrons. The summed E-state index contributed by atoms with van der Waals surface area (Å²) in [6.45, 7) is 6.83. The maximum Gasteiger partial charge on any atom is 0.413 e. The Hall–Kier alpha value is -2.57. The lowest BCUT2D eigenvalue weighted by molar-refractivity contribution is 0.0698. The number of hydrogen-bond acceptors (Lipinski definition) is 4. The van der Waals surface area contributed by atoms with Gasteiger partial charge in [0.2, 0.25) is 0 Å². The first kappa shape index (κ1) is 12.5. The van der Waals surface area contributed by atoms with Gasteiger partial charge < -0.3 is 9.84 Å². The Morgan fingerprint density at radius 1 is 1.59 bits per heavy atom. The second kappa shape index (κ2) is 5.50. The first-order valence-corrected chi connectivity index (χ1v) is 4.58. The molecule has 0 aliphatic carbocycles. The predicted molar refractivity (Wildman–Crippen MR) is 60.7 cm³/mol. The lowest BCUT2D eigenvalue weighted by Crippen LogP contribution is -2.17. The monoisotopic (exact) mass is 237 g/mol. The number of carboxylic acids is 1. The molecule has 0 saturated heterocycles. The zero-order chi connectivity index (χ0) is 12.8.